The number of aromatic nitrogens is 1. The monoisotopic (exact) mass is 535 g/mol. The summed E-state index contributed by atoms with van der Waals surface area (Å²) in [6, 6.07) is 60.1. The standard InChI is InChI=1S/C41H29N/c1-6-16-30(17-7-1)35-26-27-38(42-29-35)37-28-36(31-18-8-2-9-19-31)39(32-20-10-3-11-21-32)41(34-24-14-5-15-25-34)40(37)33-22-12-4-13-23-33/h1-29H. The lowest BCUT2D eigenvalue weighted by Gasteiger charge is -2.24. The maximum absolute atomic E-state index is 5.08. The Kier molecular flexibility index (Phi) is 6.98. The number of pyridine rings is 1. The molecule has 0 aliphatic rings. The molecule has 0 atom stereocenters. The van der Waals surface area contributed by atoms with E-state index in [-0.39, 0.29) is 0 Å². The number of nitrogens with zero attached hydrogens (tertiary/aromatic N) is 1. The van der Waals surface area contributed by atoms with Crippen molar-refractivity contribution in [2.45, 2.75) is 0 Å². The molecule has 1 heteroatoms. The highest BCUT2D eigenvalue weighted by Gasteiger charge is 2.24. The minimum atomic E-state index is 0.947. The van der Waals surface area contributed by atoms with Gasteiger partial charge >= 0.3 is 0 Å². The van der Waals surface area contributed by atoms with Crippen LogP contribution in [0.3, 0.4) is 0 Å². The molecule has 0 amide bonds. The van der Waals surface area contributed by atoms with E-state index in [9.17, 15) is 0 Å². The molecule has 1 heterocycles. The van der Waals surface area contributed by atoms with E-state index in [4.69, 9.17) is 4.98 Å². The molecular formula is C41H29N. The van der Waals surface area contributed by atoms with Crippen molar-refractivity contribution in [2.75, 3.05) is 0 Å². The van der Waals surface area contributed by atoms with E-state index in [1.807, 2.05) is 12.3 Å². The first-order valence-corrected chi connectivity index (χ1v) is 14.3. The molecule has 7 aromatic rings. The molecule has 0 saturated heterocycles. The first-order valence-electron chi connectivity index (χ1n) is 14.3. The van der Waals surface area contributed by atoms with Gasteiger partial charge in [0, 0.05) is 17.3 Å². The Morgan fingerprint density at radius 3 is 1.14 bits per heavy atom. The quantitative estimate of drug-likeness (QED) is 0.206. The minimum absolute atomic E-state index is 0.947. The molecule has 198 valence electrons. The van der Waals surface area contributed by atoms with Crippen molar-refractivity contribution in [3.05, 3.63) is 176 Å². The van der Waals surface area contributed by atoms with Crippen molar-refractivity contribution >= 4 is 0 Å². The van der Waals surface area contributed by atoms with Crippen molar-refractivity contribution in [3.63, 3.8) is 0 Å². The van der Waals surface area contributed by atoms with E-state index in [2.05, 4.69) is 164 Å². The van der Waals surface area contributed by atoms with Gasteiger partial charge in [0.1, 0.15) is 0 Å². The van der Waals surface area contributed by atoms with Crippen LogP contribution in [-0.2, 0) is 0 Å². The maximum atomic E-state index is 5.08. The van der Waals surface area contributed by atoms with Gasteiger partial charge in [-0.05, 0) is 62.2 Å². The molecule has 0 spiro atoms. The van der Waals surface area contributed by atoms with Crippen molar-refractivity contribution < 1.29 is 0 Å². The number of hydrogen-bond acceptors (Lipinski definition) is 1. The molecule has 7 rings (SSSR count). The molecule has 0 N–H and O–H groups in total. The van der Waals surface area contributed by atoms with Gasteiger partial charge < -0.3 is 0 Å². The van der Waals surface area contributed by atoms with Crippen LogP contribution in [0, 0.1) is 0 Å². The molecule has 0 unspecified atom stereocenters. The van der Waals surface area contributed by atoms with E-state index < -0.39 is 0 Å². The second kappa shape index (κ2) is 11.5. The molecule has 1 nitrogen and oxygen atoms in total. The summed E-state index contributed by atoms with van der Waals surface area (Å²) in [7, 11) is 0. The van der Waals surface area contributed by atoms with Crippen molar-refractivity contribution in [1.29, 1.82) is 0 Å². The second-order valence-electron chi connectivity index (χ2n) is 10.4. The van der Waals surface area contributed by atoms with Crippen LogP contribution in [-0.4, -0.2) is 4.98 Å². The molecule has 42 heavy (non-hydrogen) atoms. The average molecular weight is 536 g/mol. The molecule has 6 aromatic carbocycles. The van der Waals surface area contributed by atoms with Gasteiger partial charge in [0.25, 0.3) is 0 Å². The van der Waals surface area contributed by atoms with Crippen molar-refractivity contribution in [3.8, 4) is 66.9 Å². The summed E-state index contributed by atoms with van der Waals surface area (Å²) in [4.78, 5) is 5.08. The Labute approximate surface area is 247 Å². The molecule has 0 saturated carbocycles. The van der Waals surface area contributed by atoms with E-state index in [1.165, 1.54) is 38.9 Å². The van der Waals surface area contributed by atoms with Gasteiger partial charge in [-0.25, -0.2) is 0 Å². The van der Waals surface area contributed by atoms with Crippen LogP contribution in [0.4, 0.5) is 0 Å². The van der Waals surface area contributed by atoms with Crippen molar-refractivity contribution in [1.82, 2.24) is 4.98 Å². The summed E-state index contributed by atoms with van der Waals surface area (Å²) < 4.78 is 0. The third-order valence-corrected chi connectivity index (χ3v) is 7.75. The fraction of sp³-hybridized carbons (Fsp3) is 0. The fourth-order valence-electron chi connectivity index (χ4n) is 5.79. The third-order valence-electron chi connectivity index (χ3n) is 7.75. The van der Waals surface area contributed by atoms with Gasteiger partial charge in [0.2, 0.25) is 0 Å². The zero-order chi connectivity index (χ0) is 28.1. The van der Waals surface area contributed by atoms with Crippen molar-refractivity contribution in [2.24, 2.45) is 0 Å². The van der Waals surface area contributed by atoms with Crippen LogP contribution in [0.1, 0.15) is 0 Å². The van der Waals surface area contributed by atoms with Crippen LogP contribution in [0.15, 0.2) is 176 Å². The zero-order valence-corrected chi connectivity index (χ0v) is 23.2. The molecule has 1 aromatic heterocycles. The highest BCUT2D eigenvalue weighted by atomic mass is 14.7. The Morgan fingerprint density at radius 1 is 0.286 bits per heavy atom. The van der Waals surface area contributed by atoms with Crippen LogP contribution >= 0.6 is 0 Å². The van der Waals surface area contributed by atoms with Crippen LogP contribution in [0.25, 0.3) is 66.9 Å². The fourth-order valence-corrected chi connectivity index (χ4v) is 5.79. The summed E-state index contributed by atoms with van der Waals surface area (Å²) in [5, 5.41) is 0. The largest absolute Gasteiger partial charge is 0.256 e. The van der Waals surface area contributed by atoms with Crippen LogP contribution in [0.2, 0.25) is 0 Å². The summed E-state index contributed by atoms with van der Waals surface area (Å²) in [5.74, 6) is 0. The zero-order valence-electron chi connectivity index (χ0n) is 23.2. The molecular weight excluding hydrogens is 506 g/mol. The summed E-state index contributed by atoms with van der Waals surface area (Å²) in [5.41, 5.74) is 13.8. The highest BCUT2D eigenvalue weighted by Crippen LogP contribution is 2.49. The number of benzene rings is 6. The van der Waals surface area contributed by atoms with Gasteiger partial charge in [0.15, 0.2) is 0 Å². The Hall–Kier alpha value is -5.53. The normalized spacial score (nSPS) is 10.9. The lowest BCUT2D eigenvalue weighted by Crippen LogP contribution is -1.99. The molecule has 0 fully saturated rings. The predicted octanol–water partition coefficient (Wildman–Crippen LogP) is 11.1. The van der Waals surface area contributed by atoms with Gasteiger partial charge in [0.05, 0.1) is 5.69 Å². The Bertz CT molecular complexity index is 1910. The molecule has 0 radical (unpaired) electrons. The van der Waals surface area contributed by atoms with Gasteiger partial charge in [-0.3, -0.25) is 4.98 Å². The number of rotatable bonds is 6. The SMILES string of the molecule is c1ccc(-c2ccc(-c3cc(-c4ccccc4)c(-c4ccccc4)c(-c4ccccc4)c3-c3ccccc3)nc2)cc1. The summed E-state index contributed by atoms with van der Waals surface area (Å²) >= 11 is 0. The first-order chi connectivity index (χ1) is 20.9. The number of hydrogen-bond donors (Lipinski definition) is 0. The third kappa shape index (κ3) is 4.93. The topological polar surface area (TPSA) is 12.9 Å². The average Bonchev–Trinajstić information content (AvgIpc) is 3.09. The minimum Gasteiger partial charge on any atom is -0.256 e. The summed E-state index contributed by atoms with van der Waals surface area (Å²) in [6.45, 7) is 0. The highest BCUT2D eigenvalue weighted by molar-refractivity contribution is 6.07. The molecule has 0 aliphatic carbocycles. The van der Waals surface area contributed by atoms with Gasteiger partial charge in [-0.15, -0.1) is 0 Å². The van der Waals surface area contributed by atoms with Crippen LogP contribution < -0.4 is 0 Å². The second-order valence-corrected chi connectivity index (χ2v) is 10.4. The molecule has 0 bridgehead atoms. The first kappa shape index (κ1) is 25.4. The molecule has 0 aliphatic heterocycles. The summed E-state index contributed by atoms with van der Waals surface area (Å²) in [6.07, 6.45) is 1.99. The Morgan fingerprint density at radius 2 is 0.690 bits per heavy atom. The van der Waals surface area contributed by atoms with E-state index in [1.54, 1.807) is 0 Å². The lowest BCUT2D eigenvalue weighted by atomic mass is 9.79. The predicted molar refractivity (Wildman–Crippen MR) is 177 cm³/mol. The van der Waals surface area contributed by atoms with Crippen LogP contribution in [0.5, 0.6) is 0 Å². The lowest BCUT2D eigenvalue weighted by molar-refractivity contribution is 1.32. The maximum Gasteiger partial charge on any atom is 0.0709 e. The van der Waals surface area contributed by atoms with E-state index >= 15 is 0 Å². The van der Waals surface area contributed by atoms with Gasteiger partial charge in [-0.1, -0.05) is 158 Å². The smallest absolute Gasteiger partial charge is 0.0709 e. The Balaban J connectivity index is 1.60. The van der Waals surface area contributed by atoms with Gasteiger partial charge in [-0.2, -0.15) is 0 Å². The van der Waals surface area contributed by atoms with E-state index in [0.29, 0.717) is 0 Å². The van der Waals surface area contributed by atoms with E-state index in [0.717, 1.165) is 27.9 Å².